The second-order valence-electron chi connectivity index (χ2n) is 3.45. The second kappa shape index (κ2) is 5.38. The highest BCUT2D eigenvalue weighted by Gasteiger charge is 2.16. The number of nitrogens with zero attached hydrogens (tertiary/aromatic N) is 2. The van der Waals surface area contributed by atoms with Gasteiger partial charge >= 0.3 is 0 Å². The van der Waals surface area contributed by atoms with Crippen molar-refractivity contribution in [3.63, 3.8) is 0 Å². The zero-order valence-electron chi connectivity index (χ0n) is 8.95. The molecule has 0 aliphatic rings. The molecule has 2 rings (SSSR count). The molecule has 1 aromatic carbocycles. The zero-order chi connectivity index (χ0) is 12.4. The molecule has 0 amide bonds. The SMILES string of the molecule is CCC(Br)c1nnc(-c2cc(Cl)ccc2Cl)o1. The Balaban J connectivity index is 2.40. The smallest absolute Gasteiger partial charge is 0.249 e. The lowest BCUT2D eigenvalue weighted by Gasteiger charge is -2.00. The molecule has 1 aromatic heterocycles. The first kappa shape index (κ1) is 12.9. The minimum absolute atomic E-state index is 0.0571. The van der Waals surface area contributed by atoms with E-state index in [1.54, 1.807) is 18.2 Å². The Hall–Kier alpha value is -0.580. The first-order chi connectivity index (χ1) is 8.11. The molecular formula is C11H9BrCl2N2O. The fourth-order valence-electron chi connectivity index (χ4n) is 1.31. The van der Waals surface area contributed by atoms with E-state index in [4.69, 9.17) is 27.6 Å². The number of benzene rings is 1. The lowest BCUT2D eigenvalue weighted by atomic mass is 10.2. The van der Waals surface area contributed by atoms with Gasteiger partial charge in [-0.1, -0.05) is 46.1 Å². The van der Waals surface area contributed by atoms with Crippen LogP contribution in [0.4, 0.5) is 0 Å². The average Bonchev–Trinajstić information content (AvgIpc) is 2.80. The van der Waals surface area contributed by atoms with Crippen LogP contribution in [0.1, 0.15) is 24.1 Å². The summed E-state index contributed by atoms with van der Waals surface area (Å²) >= 11 is 15.4. The molecule has 0 saturated carbocycles. The van der Waals surface area contributed by atoms with E-state index < -0.39 is 0 Å². The van der Waals surface area contributed by atoms with E-state index in [0.29, 0.717) is 27.4 Å². The molecule has 0 N–H and O–H groups in total. The summed E-state index contributed by atoms with van der Waals surface area (Å²) in [5.41, 5.74) is 0.647. The van der Waals surface area contributed by atoms with Crippen LogP contribution in [-0.2, 0) is 0 Å². The van der Waals surface area contributed by atoms with Crippen molar-refractivity contribution in [3.8, 4) is 11.5 Å². The highest BCUT2D eigenvalue weighted by atomic mass is 79.9. The zero-order valence-corrected chi connectivity index (χ0v) is 12.1. The van der Waals surface area contributed by atoms with Crippen molar-refractivity contribution in [1.29, 1.82) is 0 Å². The fraction of sp³-hybridized carbons (Fsp3) is 0.273. The third-order valence-corrected chi connectivity index (χ3v) is 3.83. The summed E-state index contributed by atoms with van der Waals surface area (Å²) < 4.78 is 5.55. The summed E-state index contributed by atoms with van der Waals surface area (Å²) in [6, 6.07) is 5.12. The maximum absolute atomic E-state index is 6.06. The number of rotatable bonds is 3. The summed E-state index contributed by atoms with van der Waals surface area (Å²) in [6.45, 7) is 2.02. The molecule has 0 radical (unpaired) electrons. The Morgan fingerprint density at radius 3 is 2.82 bits per heavy atom. The predicted molar refractivity (Wildman–Crippen MR) is 71.7 cm³/mol. The van der Waals surface area contributed by atoms with Crippen LogP contribution >= 0.6 is 39.1 Å². The summed E-state index contributed by atoms with van der Waals surface area (Å²) in [6.07, 6.45) is 0.866. The molecule has 0 bridgehead atoms. The van der Waals surface area contributed by atoms with Crippen LogP contribution in [0.2, 0.25) is 10.0 Å². The predicted octanol–water partition coefficient (Wildman–Crippen LogP) is 4.89. The molecule has 1 atom stereocenters. The molecule has 1 heterocycles. The molecule has 0 spiro atoms. The number of aromatic nitrogens is 2. The minimum Gasteiger partial charge on any atom is -0.419 e. The Morgan fingerprint density at radius 2 is 2.12 bits per heavy atom. The monoisotopic (exact) mass is 334 g/mol. The lowest BCUT2D eigenvalue weighted by Crippen LogP contribution is -1.86. The topological polar surface area (TPSA) is 38.9 Å². The fourth-order valence-corrected chi connectivity index (χ4v) is 1.86. The van der Waals surface area contributed by atoms with E-state index >= 15 is 0 Å². The molecule has 0 aliphatic carbocycles. The standard InChI is InChI=1S/C11H9BrCl2N2O/c1-2-8(12)11-16-15-10(17-11)7-5-6(13)3-4-9(7)14/h3-5,8H,2H2,1H3. The first-order valence-corrected chi connectivity index (χ1v) is 6.72. The summed E-state index contributed by atoms with van der Waals surface area (Å²) in [7, 11) is 0. The summed E-state index contributed by atoms with van der Waals surface area (Å²) in [5, 5.41) is 9.05. The maximum Gasteiger partial charge on any atom is 0.249 e. The van der Waals surface area contributed by atoms with Crippen LogP contribution in [0, 0.1) is 0 Å². The van der Waals surface area contributed by atoms with Crippen molar-refractivity contribution in [2.75, 3.05) is 0 Å². The van der Waals surface area contributed by atoms with Gasteiger partial charge in [0.05, 0.1) is 15.4 Å². The van der Waals surface area contributed by atoms with Crippen molar-refractivity contribution >= 4 is 39.1 Å². The van der Waals surface area contributed by atoms with Gasteiger partial charge in [-0.25, -0.2) is 0 Å². The minimum atomic E-state index is 0.0571. The molecule has 0 fully saturated rings. The van der Waals surface area contributed by atoms with Gasteiger partial charge in [0.1, 0.15) is 0 Å². The van der Waals surface area contributed by atoms with Gasteiger partial charge in [-0.2, -0.15) is 0 Å². The van der Waals surface area contributed by atoms with Gasteiger partial charge in [0.2, 0.25) is 11.8 Å². The number of hydrogen-bond acceptors (Lipinski definition) is 3. The van der Waals surface area contributed by atoms with E-state index in [1.165, 1.54) is 0 Å². The Labute approximate surface area is 117 Å². The Morgan fingerprint density at radius 1 is 1.35 bits per heavy atom. The molecule has 1 unspecified atom stereocenters. The molecule has 17 heavy (non-hydrogen) atoms. The summed E-state index contributed by atoms with van der Waals surface area (Å²) in [5.74, 6) is 0.920. The quantitative estimate of drug-likeness (QED) is 0.749. The number of halogens is 3. The highest BCUT2D eigenvalue weighted by molar-refractivity contribution is 9.09. The normalized spacial score (nSPS) is 12.7. The molecular weight excluding hydrogens is 327 g/mol. The number of hydrogen-bond donors (Lipinski definition) is 0. The summed E-state index contributed by atoms with van der Waals surface area (Å²) in [4.78, 5) is 0.0571. The molecule has 0 saturated heterocycles. The third kappa shape index (κ3) is 2.81. The van der Waals surface area contributed by atoms with Gasteiger partial charge in [0.15, 0.2) is 0 Å². The van der Waals surface area contributed by atoms with Gasteiger partial charge in [-0.15, -0.1) is 10.2 Å². The van der Waals surface area contributed by atoms with Crippen LogP contribution < -0.4 is 0 Å². The van der Waals surface area contributed by atoms with Crippen molar-refractivity contribution in [1.82, 2.24) is 10.2 Å². The van der Waals surface area contributed by atoms with Crippen LogP contribution in [0.25, 0.3) is 11.5 Å². The van der Waals surface area contributed by atoms with E-state index in [-0.39, 0.29) is 4.83 Å². The third-order valence-electron chi connectivity index (χ3n) is 2.23. The lowest BCUT2D eigenvalue weighted by molar-refractivity contribution is 0.500. The second-order valence-corrected chi connectivity index (χ2v) is 5.39. The molecule has 6 heteroatoms. The van der Waals surface area contributed by atoms with E-state index in [0.717, 1.165) is 6.42 Å². The van der Waals surface area contributed by atoms with Crippen molar-refractivity contribution < 1.29 is 4.42 Å². The van der Waals surface area contributed by atoms with Crippen molar-refractivity contribution in [2.24, 2.45) is 0 Å². The van der Waals surface area contributed by atoms with Crippen LogP contribution in [0.3, 0.4) is 0 Å². The highest BCUT2D eigenvalue weighted by Crippen LogP contribution is 2.32. The molecule has 3 nitrogen and oxygen atoms in total. The van der Waals surface area contributed by atoms with Crippen LogP contribution in [0.15, 0.2) is 22.6 Å². The molecule has 2 aromatic rings. The van der Waals surface area contributed by atoms with Crippen LogP contribution in [-0.4, -0.2) is 10.2 Å². The van der Waals surface area contributed by atoms with E-state index in [9.17, 15) is 0 Å². The largest absolute Gasteiger partial charge is 0.419 e. The first-order valence-electron chi connectivity index (χ1n) is 5.04. The van der Waals surface area contributed by atoms with E-state index in [1.807, 2.05) is 6.92 Å². The van der Waals surface area contributed by atoms with Crippen molar-refractivity contribution in [2.45, 2.75) is 18.2 Å². The Bertz CT molecular complexity index is 530. The van der Waals surface area contributed by atoms with Gasteiger partial charge in [-0.3, -0.25) is 0 Å². The Kier molecular flexibility index (Phi) is 4.07. The average molecular weight is 336 g/mol. The van der Waals surface area contributed by atoms with Crippen molar-refractivity contribution in [3.05, 3.63) is 34.1 Å². The maximum atomic E-state index is 6.06. The van der Waals surface area contributed by atoms with Crippen LogP contribution in [0.5, 0.6) is 0 Å². The van der Waals surface area contributed by atoms with Gasteiger partial charge < -0.3 is 4.42 Å². The number of alkyl halides is 1. The van der Waals surface area contributed by atoms with Gasteiger partial charge in [0.25, 0.3) is 0 Å². The van der Waals surface area contributed by atoms with E-state index in [2.05, 4.69) is 26.1 Å². The molecule has 0 aliphatic heterocycles. The van der Waals surface area contributed by atoms with Gasteiger partial charge in [0, 0.05) is 5.02 Å². The molecule has 90 valence electrons. The van der Waals surface area contributed by atoms with Gasteiger partial charge in [-0.05, 0) is 24.6 Å².